The third kappa shape index (κ3) is 5.26. The molecule has 0 bridgehead atoms. The molecule has 6 heteroatoms. The van der Waals surface area contributed by atoms with Gasteiger partial charge >= 0.3 is 6.03 Å². The zero-order valence-corrected chi connectivity index (χ0v) is 18.9. The van der Waals surface area contributed by atoms with Gasteiger partial charge in [-0.15, -0.1) is 0 Å². The number of carbonyl (C=O) groups is 2. The molecule has 1 aliphatic heterocycles. The number of benzene rings is 2. The van der Waals surface area contributed by atoms with Gasteiger partial charge in [0.05, 0.1) is 11.2 Å². The second kappa shape index (κ2) is 8.84. The van der Waals surface area contributed by atoms with Crippen LogP contribution in [0.15, 0.2) is 49.0 Å². The maximum Gasteiger partial charge on any atom is 0.319 e. The van der Waals surface area contributed by atoms with Gasteiger partial charge in [-0.2, -0.15) is 0 Å². The van der Waals surface area contributed by atoms with Crippen LogP contribution in [0.1, 0.15) is 45.7 Å². The largest absolute Gasteiger partial charge is 0.481 e. The number of anilines is 2. The van der Waals surface area contributed by atoms with Crippen molar-refractivity contribution in [3.8, 4) is 5.75 Å². The Morgan fingerprint density at radius 2 is 1.97 bits per heavy atom. The first-order chi connectivity index (χ1) is 14.6. The molecule has 0 atom stereocenters. The highest BCUT2D eigenvalue weighted by Gasteiger charge is 2.27. The number of hydrogen-bond donors (Lipinski definition) is 2. The lowest BCUT2D eigenvalue weighted by atomic mass is 9.92. The van der Waals surface area contributed by atoms with Crippen LogP contribution < -0.4 is 20.3 Å². The summed E-state index contributed by atoms with van der Waals surface area (Å²) in [5.41, 5.74) is 3.75. The lowest BCUT2D eigenvalue weighted by Gasteiger charge is -2.31. The van der Waals surface area contributed by atoms with Crippen molar-refractivity contribution in [2.75, 3.05) is 23.4 Å². The summed E-state index contributed by atoms with van der Waals surface area (Å²) < 4.78 is 5.60. The predicted octanol–water partition coefficient (Wildman–Crippen LogP) is 5.16. The average Bonchev–Trinajstić information content (AvgIpc) is 2.69. The van der Waals surface area contributed by atoms with Gasteiger partial charge in [-0.3, -0.25) is 4.79 Å². The van der Waals surface area contributed by atoms with Crippen molar-refractivity contribution < 1.29 is 14.3 Å². The molecular formula is C25H31N3O3. The van der Waals surface area contributed by atoms with Gasteiger partial charge in [0.15, 0.2) is 6.61 Å². The molecule has 2 aromatic rings. The molecule has 0 aliphatic carbocycles. The lowest BCUT2D eigenvalue weighted by Crippen LogP contribution is -2.43. The van der Waals surface area contributed by atoms with Gasteiger partial charge in [-0.05, 0) is 56.0 Å². The average molecular weight is 422 g/mol. The van der Waals surface area contributed by atoms with Gasteiger partial charge in [0.25, 0.3) is 5.91 Å². The number of hydrogen-bond acceptors (Lipinski definition) is 3. The SMILES string of the molecule is C=C(C)c1cccc(C(C)(C)NC(=O)Nc2ccc3c(c2)OCC(=O)N3CC(C)C)c1. The van der Waals surface area contributed by atoms with Crippen molar-refractivity contribution in [2.24, 2.45) is 5.92 Å². The highest BCUT2D eigenvalue weighted by Crippen LogP contribution is 2.35. The minimum atomic E-state index is -0.583. The van der Waals surface area contributed by atoms with E-state index in [1.807, 2.05) is 51.1 Å². The van der Waals surface area contributed by atoms with E-state index >= 15 is 0 Å². The van der Waals surface area contributed by atoms with Gasteiger partial charge in [-0.25, -0.2) is 4.79 Å². The zero-order valence-electron chi connectivity index (χ0n) is 18.9. The number of nitrogens with zero attached hydrogens (tertiary/aromatic N) is 1. The number of carbonyl (C=O) groups excluding carboxylic acids is 2. The molecule has 0 aromatic heterocycles. The standard InChI is InChI=1S/C25H31N3O3/c1-16(2)14-28-21-11-10-20(13-22(21)31-15-23(28)29)26-24(30)27-25(5,6)19-9-7-8-18(12-19)17(3)4/h7-13,16H,3,14-15H2,1-2,4-6H3,(H2,26,27,30). The first-order valence-electron chi connectivity index (χ1n) is 10.5. The van der Waals surface area contributed by atoms with E-state index in [1.54, 1.807) is 17.0 Å². The van der Waals surface area contributed by atoms with Crippen molar-refractivity contribution in [1.29, 1.82) is 0 Å². The number of fused-ring (bicyclic) bond motifs is 1. The third-order valence-corrected chi connectivity index (χ3v) is 5.21. The maximum absolute atomic E-state index is 12.7. The normalized spacial score (nSPS) is 13.5. The van der Waals surface area contributed by atoms with Crippen molar-refractivity contribution in [3.05, 3.63) is 60.2 Å². The molecule has 0 fully saturated rings. The van der Waals surface area contributed by atoms with E-state index in [0.29, 0.717) is 23.9 Å². The fraction of sp³-hybridized carbons (Fsp3) is 0.360. The molecule has 0 radical (unpaired) electrons. The highest BCUT2D eigenvalue weighted by molar-refractivity contribution is 5.99. The molecule has 1 aliphatic rings. The van der Waals surface area contributed by atoms with Crippen LogP contribution in [0.25, 0.3) is 5.57 Å². The second-order valence-corrected chi connectivity index (χ2v) is 8.93. The van der Waals surface area contributed by atoms with E-state index in [0.717, 1.165) is 22.4 Å². The minimum absolute atomic E-state index is 0.00145. The Labute approximate surface area is 184 Å². The van der Waals surface area contributed by atoms with Crippen molar-refractivity contribution in [1.82, 2.24) is 5.32 Å². The number of ether oxygens (including phenoxy) is 1. The smallest absolute Gasteiger partial charge is 0.319 e. The monoisotopic (exact) mass is 421 g/mol. The summed E-state index contributed by atoms with van der Waals surface area (Å²) in [5, 5.41) is 5.90. The number of allylic oxidation sites excluding steroid dienone is 1. The van der Waals surface area contributed by atoms with Gasteiger partial charge in [-0.1, -0.05) is 44.2 Å². The molecule has 2 N–H and O–H groups in total. The van der Waals surface area contributed by atoms with Crippen LogP contribution in [0.3, 0.4) is 0 Å². The Bertz CT molecular complexity index is 1010. The summed E-state index contributed by atoms with van der Waals surface area (Å²) in [6.45, 7) is 14.6. The summed E-state index contributed by atoms with van der Waals surface area (Å²) in [7, 11) is 0. The van der Waals surface area contributed by atoms with E-state index in [2.05, 4.69) is 31.1 Å². The molecule has 164 valence electrons. The van der Waals surface area contributed by atoms with Crippen LogP contribution in [0.2, 0.25) is 0 Å². The first-order valence-corrected chi connectivity index (χ1v) is 10.5. The minimum Gasteiger partial charge on any atom is -0.481 e. The van der Waals surface area contributed by atoms with Crippen LogP contribution in [0.4, 0.5) is 16.2 Å². The Morgan fingerprint density at radius 3 is 2.65 bits per heavy atom. The van der Waals surface area contributed by atoms with E-state index in [-0.39, 0.29) is 18.5 Å². The molecule has 0 unspecified atom stereocenters. The van der Waals surface area contributed by atoms with Crippen LogP contribution >= 0.6 is 0 Å². The molecule has 0 spiro atoms. The Morgan fingerprint density at radius 1 is 1.23 bits per heavy atom. The number of rotatable bonds is 6. The van der Waals surface area contributed by atoms with Crippen LogP contribution in [-0.2, 0) is 10.3 Å². The van der Waals surface area contributed by atoms with Crippen LogP contribution in [0.5, 0.6) is 5.75 Å². The fourth-order valence-electron chi connectivity index (χ4n) is 3.54. The molecule has 0 saturated carbocycles. The highest BCUT2D eigenvalue weighted by atomic mass is 16.5. The predicted molar refractivity (Wildman–Crippen MR) is 125 cm³/mol. The van der Waals surface area contributed by atoms with Crippen molar-refractivity contribution >= 4 is 28.9 Å². The quantitative estimate of drug-likeness (QED) is 0.677. The maximum atomic E-state index is 12.7. The van der Waals surface area contributed by atoms with Gasteiger partial charge in [0.1, 0.15) is 5.75 Å². The van der Waals surface area contributed by atoms with Crippen molar-refractivity contribution in [2.45, 2.75) is 40.2 Å². The summed E-state index contributed by atoms with van der Waals surface area (Å²) in [6, 6.07) is 13.0. The lowest BCUT2D eigenvalue weighted by molar-refractivity contribution is -0.121. The molecule has 31 heavy (non-hydrogen) atoms. The van der Waals surface area contributed by atoms with E-state index in [1.165, 1.54) is 0 Å². The molecule has 6 nitrogen and oxygen atoms in total. The molecule has 2 aromatic carbocycles. The Kier molecular flexibility index (Phi) is 6.39. The number of nitrogens with one attached hydrogen (secondary N) is 2. The Hall–Kier alpha value is -3.28. The number of urea groups is 1. The zero-order chi connectivity index (χ0) is 22.8. The molecule has 1 heterocycles. The first kappa shape index (κ1) is 22.4. The molecule has 0 saturated heterocycles. The van der Waals surface area contributed by atoms with Crippen molar-refractivity contribution in [3.63, 3.8) is 0 Å². The summed E-state index contributed by atoms with van der Waals surface area (Å²) in [4.78, 5) is 26.7. The van der Waals surface area contributed by atoms with Gasteiger partial charge < -0.3 is 20.3 Å². The fourth-order valence-corrected chi connectivity index (χ4v) is 3.54. The van der Waals surface area contributed by atoms with Gasteiger partial charge in [0.2, 0.25) is 0 Å². The summed E-state index contributed by atoms with van der Waals surface area (Å²) >= 11 is 0. The second-order valence-electron chi connectivity index (χ2n) is 8.93. The molecular weight excluding hydrogens is 390 g/mol. The van der Waals surface area contributed by atoms with Gasteiger partial charge in [0, 0.05) is 18.3 Å². The van der Waals surface area contributed by atoms with Crippen LogP contribution in [-0.4, -0.2) is 25.1 Å². The summed E-state index contributed by atoms with van der Waals surface area (Å²) in [6.07, 6.45) is 0. The topological polar surface area (TPSA) is 70.7 Å². The summed E-state index contributed by atoms with van der Waals surface area (Å²) in [5.74, 6) is 0.869. The van der Waals surface area contributed by atoms with Crippen LogP contribution in [0, 0.1) is 5.92 Å². The molecule has 3 rings (SSSR count). The third-order valence-electron chi connectivity index (χ3n) is 5.21. The van der Waals surface area contributed by atoms with E-state index in [4.69, 9.17) is 4.74 Å². The number of amides is 3. The van der Waals surface area contributed by atoms with E-state index in [9.17, 15) is 9.59 Å². The Balaban J connectivity index is 1.73. The molecule has 3 amide bonds. The van der Waals surface area contributed by atoms with E-state index < -0.39 is 5.54 Å².